The Labute approximate surface area is 166 Å². The number of alkyl halides is 3. The summed E-state index contributed by atoms with van der Waals surface area (Å²) in [6.07, 6.45) is -3.25. The Morgan fingerprint density at radius 2 is 1.57 bits per heavy atom. The van der Waals surface area contributed by atoms with Crippen LogP contribution in [0.2, 0.25) is 0 Å². The topological polar surface area (TPSA) is 32.3 Å². The van der Waals surface area contributed by atoms with E-state index in [4.69, 9.17) is 0 Å². The number of rotatable bonds is 1. The van der Waals surface area contributed by atoms with Gasteiger partial charge in [0.1, 0.15) is 0 Å². The van der Waals surface area contributed by atoms with E-state index in [-0.39, 0.29) is 12.9 Å². The molecule has 1 aliphatic rings. The molecule has 2 aromatic carbocycles. The molecule has 0 unspecified atom stereocenters. The van der Waals surface area contributed by atoms with Crippen LogP contribution in [0.25, 0.3) is 0 Å². The lowest BCUT2D eigenvalue weighted by atomic mass is 9.97. The van der Waals surface area contributed by atoms with Gasteiger partial charge in [-0.3, -0.25) is 0 Å². The molecule has 0 aliphatic carbocycles. The van der Waals surface area contributed by atoms with Gasteiger partial charge in [0.05, 0.1) is 5.56 Å². The maximum atomic E-state index is 12.1. The van der Waals surface area contributed by atoms with Crippen molar-refractivity contribution < 1.29 is 19.4 Å². The molecule has 0 atom stereocenters. The van der Waals surface area contributed by atoms with Gasteiger partial charge in [-0.15, -0.1) is 0 Å². The van der Waals surface area contributed by atoms with E-state index in [9.17, 15) is 18.0 Å². The molecule has 0 saturated carbocycles. The van der Waals surface area contributed by atoms with Gasteiger partial charge in [0, 0.05) is 21.1 Å². The van der Waals surface area contributed by atoms with Crippen LogP contribution >= 0.6 is 0 Å². The monoisotopic (exact) mass is 394 g/mol. The Morgan fingerprint density at radius 3 is 2.11 bits per heavy atom. The first-order valence-corrected chi connectivity index (χ1v) is 9.28. The average molecular weight is 394 g/mol. The van der Waals surface area contributed by atoms with Gasteiger partial charge in [-0.2, -0.15) is 13.2 Å². The fourth-order valence-corrected chi connectivity index (χ4v) is 2.75. The summed E-state index contributed by atoms with van der Waals surface area (Å²) in [7, 11) is 0. The molecule has 3 rings (SSSR count). The summed E-state index contributed by atoms with van der Waals surface area (Å²) in [4.78, 5) is 14.0. The predicted octanol–water partition coefficient (Wildman–Crippen LogP) is 5.75. The van der Waals surface area contributed by atoms with Gasteiger partial charge in [0.2, 0.25) is 0 Å². The van der Waals surface area contributed by atoms with Crippen molar-refractivity contribution in [2.45, 2.75) is 39.9 Å². The summed E-state index contributed by atoms with van der Waals surface area (Å²) in [5, 5.41) is 3.01. The number of nitrogens with one attached hydrogen (secondary N) is 1. The minimum atomic E-state index is -4.21. The van der Waals surface area contributed by atoms with E-state index >= 15 is 0 Å². The molecule has 1 N–H and O–H groups in total. The van der Waals surface area contributed by atoms with Crippen LogP contribution in [0, 0.1) is 5.41 Å². The van der Waals surface area contributed by atoms with E-state index in [2.05, 4.69) is 44.3 Å². The molecule has 0 aromatic heterocycles. The third kappa shape index (κ3) is 6.91. The zero-order valence-electron chi connectivity index (χ0n) is 16.5. The molecule has 2 aromatic rings. The van der Waals surface area contributed by atoms with Crippen molar-refractivity contribution in [3.8, 4) is 0 Å². The molecule has 1 aliphatic heterocycles. The molecule has 0 radical (unpaired) electrons. The first-order valence-electron chi connectivity index (χ1n) is 9.28. The molecule has 3 nitrogen and oxygen atoms in total. The van der Waals surface area contributed by atoms with Crippen molar-refractivity contribution in [1.82, 2.24) is 10.2 Å². The third-order valence-electron chi connectivity index (χ3n) is 4.29. The minimum absolute atomic E-state index is 0. The fraction of sp³-hybridized carbons (Fsp3) is 0.409. The van der Waals surface area contributed by atoms with Crippen LogP contribution in [0.1, 0.15) is 38.9 Å². The molecular formula is C22H29F3N2O. The second-order valence-corrected chi connectivity index (χ2v) is 8.02. The van der Waals surface area contributed by atoms with Gasteiger partial charge in [-0.05, 0) is 23.0 Å². The van der Waals surface area contributed by atoms with E-state index < -0.39 is 11.7 Å². The van der Waals surface area contributed by atoms with E-state index in [1.165, 1.54) is 23.3 Å². The van der Waals surface area contributed by atoms with E-state index in [1.54, 1.807) is 6.07 Å². The molecular weight excluding hydrogens is 365 g/mol. The van der Waals surface area contributed by atoms with Crippen LogP contribution < -0.4 is 5.32 Å². The lowest BCUT2D eigenvalue weighted by molar-refractivity contribution is -0.137. The number of urea groups is 1. The summed E-state index contributed by atoms with van der Waals surface area (Å²) in [6.45, 7) is 8.62. The van der Waals surface area contributed by atoms with Crippen molar-refractivity contribution in [3.63, 3.8) is 0 Å². The van der Waals surface area contributed by atoms with E-state index in [0.717, 1.165) is 31.6 Å². The summed E-state index contributed by atoms with van der Waals surface area (Å²) in [5.41, 5.74) is 2.17. The van der Waals surface area contributed by atoms with Crippen LogP contribution in [0.5, 0.6) is 0 Å². The molecule has 6 heteroatoms. The lowest BCUT2D eigenvalue weighted by Crippen LogP contribution is -2.45. The molecule has 0 bridgehead atoms. The summed E-state index contributed by atoms with van der Waals surface area (Å²) < 4.78 is 35.4. The zero-order chi connectivity index (χ0) is 20.8. The zero-order valence-corrected chi connectivity index (χ0v) is 16.5. The molecule has 28 heavy (non-hydrogen) atoms. The Morgan fingerprint density at radius 1 is 1.00 bits per heavy atom. The predicted molar refractivity (Wildman–Crippen MR) is 107 cm³/mol. The van der Waals surface area contributed by atoms with Crippen molar-refractivity contribution >= 4 is 6.03 Å². The number of amides is 2. The number of hydrogen-bond donors (Lipinski definition) is 1. The summed E-state index contributed by atoms with van der Waals surface area (Å²) in [6, 6.07) is 14.8. The molecule has 0 spiro atoms. The van der Waals surface area contributed by atoms with Crippen molar-refractivity contribution in [3.05, 3.63) is 71.3 Å². The number of carbonyl (C=O) groups excluding carboxylic acids is 1. The van der Waals surface area contributed by atoms with Gasteiger partial charge in [0.15, 0.2) is 0 Å². The van der Waals surface area contributed by atoms with Gasteiger partial charge >= 0.3 is 12.2 Å². The third-order valence-corrected chi connectivity index (χ3v) is 4.29. The van der Waals surface area contributed by atoms with Gasteiger partial charge in [-0.1, -0.05) is 75.4 Å². The largest absolute Gasteiger partial charge is 0.416 e. The Balaban J connectivity index is 0.000000327. The van der Waals surface area contributed by atoms with Crippen LogP contribution in [0.15, 0.2) is 54.6 Å². The van der Waals surface area contributed by atoms with Crippen molar-refractivity contribution in [2.24, 2.45) is 5.41 Å². The number of hydrogen-bond acceptors (Lipinski definition) is 1. The molecule has 1 heterocycles. The summed E-state index contributed by atoms with van der Waals surface area (Å²) in [5.74, 6) is 0. The highest BCUT2D eigenvalue weighted by molar-refractivity contribution is 5.74. The summed E-state index contributed by atoms with van der Waals surface area (Å²) >= 11 is 0. The smallest absolute Gasteiger partial charge is 0.337 e. The molecule has 0 saturated heterocycles. The van der Waals surface area contributed by atoms with Crippen molar-refractivity contribution in [1.29, 1.82) is 0 Å². The SMILES string of the molecule is CC(C)(C)CNC(=O)N1CCc2ccccc2C1.FC(F)(F)c1ccccc1.[HH]. The standard InChI is InChI=1S/C15H22N2O.C7H5F3.H2/c1-15(2,3)11-16-14(18)17-9-8-12-6-4-5-7-13(12)10-17;8-7(9,10)6-4-2-1-3-5-6;/h4-7H,8-11H2,1-3H3,(H,16,18);1-5H;1H. The Bertz CT molecular complexity index is 774. The van der Waals surface area contributed by atoms with Crippen LogP contribution in [-0.4, -0.2) is 24.0 Å². The quantitative estimate of drug-likeness (QED) is 0.656. The lowest BCUT2D eigenvalue weighted by Gasteiger charge is -2.30. The first-order chi connectivity index (χ1) is 13.1. The van der Waals surface area contributed by atoms with Crippen LogP contribution in [0.3, 0.4) is 0 Å². The molecule has 2 amide bonds. The minimum Gasteiger partial charge on any atom is -0.337 e. The number of carbonyl (C=O) groups is 1. The highest BCUT2D eigenvalue weighted by Crippen LogP contribution is 2.28. The number of benzene rings is 2. The van der Waals surface area contributed by atoms with Gasteiger partial charge < -0.3 is 10.2 Å². The van der Waals surface area contributed by atoms with E-state index in [1.807, 2.05) is 11.0 Å². The molecule has 154 valence electrons. The Kier molecular flexibility index (Phi) is 7.11. The second-order valence-electron chi connectivity index (χ2n) is 8.02. The average Bonchev–Trinajstić information content (AvgIpc) is 2.66. The van der Waals surface area contributed by atoms with Gasteiger partial charge in [0.25, 0.3) is 0 Å². The first kappa shape index (κ1) is 21.8. The number of halogens is 3. The van der Waals surface area contributed by atoms with Crippen LogP contribution in [-0.2, 0) is 19.1 Å². The molecule has 0 fully saturated rings. The normalized spacial score (nSPS) is 13.9. The number of nitrogens with zero attached hydrogens (tertiary/aromatic N) is 1. The Hall–Kier alpha value is -2.50. The van der Waals surface area contributed by atoms with Crippen LogP contribution in [0.4, 0.5) is 18.0 Å². The van der Waals surface area contributed by atoms with E-state index in [0.29, 0.717) is 6.54 Å². The highest BCUT2D eigenvalue weighted by Gasteiger charge is 2.29. The second kappa shape index (κ2) is 9.13. The number of fused-ring (bicyclic) bond motifs is 1. The fourth-order valence-electron chi connectivity index (χ4n) is 2.75. The van der Waals surface area contributed by atoms with Crippen molar-refractivity contribution in [2.75, 3.05) is 13.1 Å². The highest BCUT2D eigenvalue weighted by atomic mass is 19.4. The van der Waals surface area contributed by atoms with Gasteiger partial charge in [-0.25, -0.2) is 4.79 Å². The maximum absolute atomic E-state index is 12.1. The maximum Gasteiger partial charge on any atom is 0.416 e.